The Kier molecular flexibility index (Phi) is 2.34. The minimum Gasteiger partial charge on any atom is -0.489 e. The number of halogens is 1. The van der Waals surface area contributed by atoms with Gasteiger partial charge in [0, 0.05) is 13.0 Å². The van der Waals surface area contributed by atoms with E-state index in [1.165, 1.54) is 19.1 Å². The lowest BCUT2D eigenvalue weighted by atomic mass is 10.1. The lowest BCUT2D eigenvalue weighted by molar-refractivity contribution is -0.117. The summed E-state index contributed by atoms with van der Waals surface area (Å²) < 4.78 is 18.3. The van der Waals surface area contributed by atoms with Crippen molar-refractivity contribution >= 4 is 11.6 Å². The highest BCUT2D eigenvalue weighted by molar-refractivity contribution is 5.94. The van der Waals surface area contributed by atoms with Crippen LogP contribution in [-0.4, -0.2) is 18.6 Å². The summed E-state index contributed by atoms with van der Waals surface area (Å²) in [6, 6.07) is 4.19. The molecule has 1 amide bonds. The van der Waals surface area contributed by atoms with Gasteiger partial charge in [-0.05, 0) is 19.1 Å². The van der Waals surface area contributed by atoms with E-state index in [0.717, 1.165) is 0 Å². The van der Waals surface area contributed by atoms with Crippen LogP contribution in [0.3, 0.4) is 0 Å². The number of benzene rings is 1. The standard InChI is InChI=1S/C11H12FNO2/c1-7-6-15-11-5-9(12)3-4-10(11)13(7)8(2)14/h3-5,7H,6H2,1-2H3. The van der Waals surface area contributed by atoms with Crippen LogP contribution in [0.15, 0.2) is 18.2 Å². The predicted molar refractivity (Wildman–Crippen MR) is 54.5 cm³/mol. The van der Waals surface area contributed by atoms with E-state index in [0.29, 0.717) is 18.0 Å². The fraction of sp³-hybridized carbons (Fsp3) is 0.364. The lowest BCUT2D eigenvalue weighted by Gasteiger charge is -2.34. The Bertz CT molecular complexity index is 406. The average molecular weight is 209 g/mol. The Morgan fingerprint density at radius 3 is 3.00 bits per heavy atom. The molecule has 1 aliphatic rings. The van der Waals surface area contributed by atoms with E-state index < -0.39 is 0 Å². The molecule has 0 radical (unpaired) electrons. The Hall–Kier alpha value is -1.58. The number of hydrogen-bond donors (Lipinski definition) is 0. The second-order valence-electron chi connectivity index (χ2n) is 3.66. The second kappa shape index (κ2) is 3.53. The molecule has 0 fully saturated rings. The number of carbonyl (C=O) groups is 1. The quantitative estimate of drug-likeness (QED) is 0.653. The molecule has 1 atom stereocenters. The van der Waals surface area contributed by atoms with E-state index in [1.54, 1.807) is 11.0 Å². The zero-order valence-corrected chi connectivity index (χ0v) is 8.66. The number of hydrogen-bond acceptors (Lipinski definition) is 2. The van der Waals surface area contributed by atoms with Gasteiger partial charge >= 0.3 is 0 Å². The number of fused-ring (bicyclic) bond motifs is 1. The van der Waals surface area contributed by atoms with Crippen molar-refractivity contribution in [2.45, 2.75) is 19.9 Å². The Morgan fingerprint density at radius 2 is 2.33 bits per heavy atom. The normalized spacial score (nSPS) is 19.4. The molecule has 1 aliphatic heterocycles. The topological polar surface area (TPSA) is 29.5 Å². The summed E-state index contributed by atoms with van der Waals surface area (Å²) in [5.41, 5.74) is 0.641. The summed E-state index contributed by atoms with van der Waals surface area (Å²) in [6.07, 6.45) is 0. The largest absolute Gasteiger partial charge is 0.489 e. The number of anilines is 1. The van der Waals surface area contributed by atoms with Gasteiger partial charge in [-0.1, -0.05) is 0 Å². The molecule has 1 heterocycles. The second-order valence-corrected chi connectivity index (χ2v) is 3.66. The highest BCUT2D eigenvalue weighted by Crippen LogP contribution is 2.34. The summed E-state index contributed by atoms with van der Waals surface area (Å²) >= 11 is 0. The first-order chi connectivity index (χ1) is 7.09. The highest BCUT2D eigenvalue weighted by atomic mass is 19.1. The maximum absolute atomic E-state index is 12.9. The lowest BCUT2D eigenvalue weighted by Crippen LogP contribution is -2.43. The fourth-order valence-corrected chi connectivity index (χ4v) is 1.80. The van der Waals surface area contributed by atoms with Gasteiger partial charge in [-0.3, -0.25) is 4.79 Å². The minimum absolute atomic E-state index is 0.0135. The van der Waals surface area contributed by atoms with Gasteiger partial charge in [0.05, 0.1) is 11.7 Å². The van der Waals surface area contributed by atoms with E-state index in [4.69, 9.17) is 4.74 Å². The molecule has 4 heteroatoms. The van der Waals surface area contributed by atoms with Crippen molar-refractivity contribution in [1.82, 2.24) is 0 Å². The zero-order valence-electron chi connectivity index (χ0n) is 8.66. The Balaban J connectivity index is 2.48. The third-order valence-corrected chi connectivity index (χ3v) is 2.44. The molecule has 15 heavy (non-hydrogen) atoms. The molecule has 0 aliphatic carbocycles. The number of ether oxygens (including phenoxy) is 1. The molecule has 1 aromatic rings. The van der Waals surface area contributed by atoms with E-state index in [1.807, 2.05) is 6.92 Å². The van der Waals surface area contributed by atoms with Gasteiger partial charge < -0.3 is 9.64 Å². The first kappa shape index (κ1) is 9.96. The smallest absolute Gasteiger partial charge is 0.224 e. The van der Waals surface area contributed by atoms with Crippen molar-refractivity contribution in [2.24, 2.45) is 0 Å². The molecule has 1 aromatic carbocycles. The van der Waals surface area contributed by atoms with E-state index in [2.05, 4.69) is 0 Å². The van der Waals surface area contributed by atoms with Crippen LogP contribution in [-0.2, 0) is 4.79 Å². The molecular formula is C11H12FNO2. The summed E-state index contributed by atoms with van der Waals surface area (Å²) in [6.45, 7) is 3.79. The molecule has 80 valence electrons. The van der Waals surface area contributed by atoms with Gasteiger partial charge in [0.2, 0.25) is 5.91 Å². The summed E-state index contributed by atoms with van der Waals surface area (Å²) in [4.78, 5) is 13.1. The van der Waals surface area contributed by atoms with Gasteiger partial charge in [-0.15, -0.1) is 0 Å². The van der Waals surface area contributed by atoms with Crippen molar-refractivity contribution in [3.63, 3.8) is 0 Å². The van der Waals surface area contributed by atoms with Crippen LogP contribution < -0.4 is 9.64 Å². The number of amides is 1. The number of carbonyl (C=O) groups excluding carboxylic acids is 1. The van der Waals surface area contributed by atoms with E-state index in [9.17, 15) is 9.18 Å². The molecule has 0 aromatic heterocycles. The molecule has 0 saturated carbocycles. The van der Waals surface area contributed by atoms with E-state index in [-0.39, 0.29) is 17.8 Å². The van der Waals surface area contributed by atoms with Crippen LogP contribution in [0.1, 0.15) is 13.8 Å². The van der Waals surface area contributed by atoms with Crippen LogP contribution in [0.2, 0.25) is 0 Å². The molecule has 0 spiro atoms. The van der Waals surface area contributed by atoms with Crippen molar-refractivity contribution in [2.75, 3.05) is 11.5 Å². The van der Waals surface area contributed by atoms with Crippen molar-refractivity contribution in [3.05, 3.63) is 24.0 Å². The highest BCUT2D eigenvalue weighted by Gasteiger charge is 2.27. The van der Waals surface area contributed by atoms with Crippen LogP contribution in [0, 0.1) is 5.82 Å². The maximum atomic E-state index is 12.9. The van der Waals surface area contributed by atoms with Crippen molar-refractivity contribution < 1.29 is 13.9 Å². The fourth-order valence-electron chi connectivity index (χ4n) is 1.80. The summed E-state index contributed by atoms with van der Waals surface area (Å²) in [7, 11) is 0. The van der Waals surface area contributed by atoms with Gasteiger partial charge in [0.25, 0.3) is 0 Å². The van der Waals surface area contributed by atoms with Crippen molar-refractivity contribution in [1.29, 1.82) is 0 Å². The monoisotopic (exact) mass is 209 g/mol. The number of rotatable bonds is 0. The van der Waals surface area contributed by atoms with Gasteiger partial charge in [-0.25, -0.2) is 4.39 Å². The predicted octanol–water partition coefficient (Wildman–Crippen LogP) is 1.96. The summed E-state index contributed by atoms with van der Waals surface area (Å²) in [5, 5.41) is 0. The van der Waals surface area contributed by atoms with Gasteiger partial charge in [0.1, 0.15) is 18.2 Å². The third-order valence-electron chi connectivity index (χ3n) is 2.44. The van der Waals surface area contributed by atoms with Crippen LogP contribution in [0.25, 0.3) is 0 Å². The average Bonchev–Trinajstić information content (AvgIpc) is 2.17. The SMILES string of the molecule is CC(=O)N1c2ccc(F)cc2OCC1C. The van der Waals surface area contributed by atoms with E-state index >= 15 is 0 Å². The zero-order chi connectivity index (χ0) is 11.0. The minimum atomic E-state index is -0.355. The first-order valence-corrected chi connectivity index (χ1v) is 4.81. The molecule has 3 nitrogen and oxygen atoms in total. The van der Waals surface area contributed by atoms with Gasteiger partial charge in [-0.2, -0.15) is 0 Å². The Morgan fingerprint density at radius 1 is 1.60 bits per heavy atom. The summed E-state index contributed by atoms with van der Waals surface area (Å²) in [5.74, 6) is 0.0220. The molecular weight excluding hydrogens is 197 g/mol. The third kappa shape index (κ3) is 1.67. The molecule has 0 saturated heterocycles. The van der Waals surface area contributed by atoms with Crippen LogP contribution in [0.4, 0.5) is 10.1 Å². The molecule has 0 N–H and O–H groups in total. The maximum Gasteiger partial charge on any atom is 0.224 e. The van der Waals surface area contributed by atoms with Gasteiger partial charge in [0.15, 0.2) is 0 Å². The molecule has 2 rings (SSSR count). The first-order valence-electron chi connectivity index (χ1n) is 4.81. The molecule has 0 bridgehead atoms. The van der Waals surface area contributed by atoms with Crippen molar-refractivity contribution in [3.8, 4) is 5.75 Å². The molecule has 1 unspecified atom stereocenters. The Labute approximate surface area is 87.5 Å². The van der Waals surface area contributed by atoms with Crippen LogP contribution in [0.5, 0.6) is 5.75 Å². The number of nitrogens with zero attached hydrogens (tertiary/aromatic N) is 1. The van der Waals surface area contributed by atoms with Crippen LogP contribution >= 0.6 is 0 Å².